The Morgan fingerprint density at radius 1 is 1.29 bits per heavy atom. The van der Waals surface area contributed by atoms with Gasteiger partial charge >= 0.3 is 0 Å². The molecule has 21 heavy (non-hydrogen) atoms. The number of hydrogen-bond donors (Lipinski definition) is 1. The number of methoxy groups -OCH3 is 1. The molecule has 2 aromatic rings. The zero-order valence-electron chi connectivity index (χ0n) is 11.6. The molecule has 3 rings (SSSR count). The summed E-state index contributed by atoms with van der Waals surface area (Å²) in [7, 11) is 1.58. The van der Waals surface area contributed by atoms with Crippen LogP contribution in [0.5, 0.6) is 17.2 Å². The van der Waals surface area contributed by atoms with Crippen molar-refractivity contribution in [3.63, 3.8) is 0 Å². The number of anilines is 1. The van der Waals surface area contributed by atoms with Crippen molar-refractivity contribution in [1.29, 1.82) is 0 Å². The summed E-state index contributed by atoms with van der Waals surface area (Å²) in [5.41, 5.74) is 7.27. The molecule has 5 heteroatoms. The van der Waals surface area contributed by atoms with E-state index < -0.39 is 0 Å². The number of hydrogen-bond acceptors (Lipinski definition) is 4. The summed E-state index contributed by atoms with van der Waals surface area (Å²) in [6.45, 7) is 0.354. The van der Waals surface area contributed by atoms with Crippen molar-refractivity contribution in [3.8, 4) is 17.2 Å². The molecule has 0 saturated heterocycles. The predicted molar refractivity (Wildman–Crippen MR) is 77.4 cm³/mol. The normalized spacial score (nSPS) is 16.2. The van der Waals surface area contributed by atoms with E-state index in [2.05, 4.69) is 0 Å². The lowest BCUT2D eigenvalue weighted by Gasteiger charge is -2.14. The van der Waals surface area contributed by atoms with Crippen molar-refractivity contribution in [2.24, 2.45) is 0 Å². The molecule has 1 aliphatic rings. The Bertz CT molecular complexity index is 660. The molecule has 0 radical (unpaired) electrons. The zero-order chi connectivity index (χ0) is 14.8. The van der Waals surface area contributed by atoms with E-state index in [4.69, 9.17) is 19.9 Å². The van der Waals surface area contributed by atoms with Gasteiger partial charge in [0.15, 0.2) is 0 Å². The molecule has 0 bridgehead atoms. The molecular formula is C16H16FNO3. The third-order valence-corrected chi connectivity index (χ3v) is 3.41. The number of halogens is 1. The average molecular weight is 289 g/mol. The Hall–Kier alpha value is -2.43. The highest BCUT2D eigenvalue weighted by molar-refractivity contribution is 5.56. The van der Waals surface area contributed by atoms with Gasteiger partial charge in [-0.25, -0.2) is 4.39 Å². The van der Waals surface area contributed by atoms with Crippen LogP contribution in [-0.2, 0) is 6.42 Å². The highest BCUT2D eigenvalue weighted by Gasteiger charge is 2.24. The molecule has 1 aliphatic heterocycles. The van der Waals surface area contributed by atoms with Gasteiger partial charge in [0, 0.05) is 18.1 Å². The first-order valence-electron chi connectivity index (χ1n) is 6.67. The highest BCUT2D eigenvalue weighted by Crippen LogP contribution is 2.31. The third kappa shape index (κ3) is 2.86. The molecule has 0 aromatic heterocycles. The van der Waals surface area contributed by atoms with Gasteiger partial charge in [-0.05, 0) is 30.3 Å². The summed E-state index contributed by atoms with van der Waals surface area (Å²) in [5, 5.41) is 0. The van der Waals surface area contributed by atoms with E-state index in [9.17, 15) is 4.39 Å². The molecular weight excluding hydrogens is 273 g/mol. The maximum Gasteiger partial charge on any atom is 0.142 e. The van der Waals surface area contributed by atoms with Crippen LogP contribution in [0, 0.1) is 5.82 Å². The largest absolute Gasteiger partial charge is 0.497 e. The zero-order valence-corrected chi connectivity index (χ0v) is 11.6. The smallest absolute Gasteiger partial charge is 0.142 e. The Kier molecular flexibility index (Phi) is 3.56. The molecule has 2 aromatic carbocycles. The van der Waals surface area contributed by atoms with Gasteiger partial charge in [0.05, 0.1) is 12.8 Å². The van der Waals surface area contributed by atoms with Crippen LogP contribution < -0.4 is 19.9 Å². The molecule has 0 aliphatic carbocycles. The van der Waals surface area contributed by atoms with Crippen LogP contribution in [0.2, 0.25) is 0 Å². The molecule has 2 N–H and O–H groups in total. The molecule has 110 valence electrons. The van der Waals surface area contributed by atoms with Crippen LogP contribution >= 0.6 is 0 Å². The first-order chi connectivity index (χ1) is 10.2. The first kappa shape index (κ1) is 13.5. The fourth-order valence-corrected chi connectivity index (χ4v) is 2.35. The van der Waals surface area contributed by atoms with Crippen molar-refractivity contribution in [2.75, 3.05) is 19.5 Å². The van der Waals surface area contributed by atoms with Gasteiger partial charge in [-0.2, -0.15) is 0 Å². The van der Waals surface area contributed by atoms with Gasteiger partial charge in [-0.1, -0.05) is 0 Å². The van der Waals surface area contributed by atoms with Gasteiger partial charge in [-0.15, -0.1) is 0 Å². The van der Waals surface area contributed by atoms with Gasteiger partial charge in [0.2, 0.25) is 0 Å². The van der Waals surface area contributed by atoms with E-state index >= 15 is 0 Å². The summed E-state index contributed by atoms with van der Waals surface area (Å²) in [4.78, 5) is 0. The summed E-state index contributed by atoms with van der Waals surface area (Å²) in [5.74, 6) is 1.73. The van der Waals surface area contributed by atoms with Crippen LogP contribution in [0.1, 0.15) is 5.56 Å². The molecule has 1 atom stereocenters. The molecule has 0 spiro atoms. The van der Waals surface area contributed by atoms with Crippen molar-refractivity contribution < 1.29 is 18.6 Å². The van der Waals surface area contributed by atoms with Crippen molar-refractivity contribution in [3.05, 3.63) is 47.8 Å². The summed E-state index contributed by atoms with van der Waals surface area (Å²) >= 11 is 0. The fraction of sp³-hybridized carbons (Fsp3) is 0.250. The number of benzene rings is 2. The summed E-state index contributed by atoms with van der Waals surface area (Å²) < 4.78 is 29.6. The number of nitrogens with two attached hydrogens (primary N) is 1. The molecule has 0 saturated carbocycles. The SMILES string of the molecule is COc1ccc(OCC2Cc3cc(F)ccc3O2)c(N)c1. The number of fused-ring (bicyclic) bond motifs is 1. The topological polar surface area (TPSA) is 53.7 Å². The Morgan fingerprint density at radius 2 is 2.14 bits per heavy atom. The number of ether oxygens (including phenoxy) is 3. The lowest BCUT2D eigenvalue weighted by Crippen LogP contribution is -2.22. The number of nitrogen functional groups attached to an aromatic ring is 1. The van der Waals surface area contributed by atoms with E-state index in [0.29, 0.717) is 36.0 Å². The van der Waals surface area contributed by atoms with Gasteiger partial charge in [0.1, 0.15) is 35.8 Å². The van der Waals surface area contributed by atoms with Crippen molar-refractivity contribution in [1.82, 2.24) is 0 Å². The van der Waals surface area contributed by atoms with Gasteiger partial charge in [-0.3, -0.25) is 0 Å². The molecule has 1 unspecified atom stereocenters. The van der Waals surface area contributed by atoms with E-state index in [-0.39, 0.29) is 11.9 Å². The Morgan fingerprint density at radius 3 is 2.90 bits per heavy atom. The van der Waals surface area contributed by atoms with Crippen LogP contribution in [0.4, 0.5) is 10.1 Å². The standard InChI is InChI=1S/C16H16FNO3/c1-19-12-3-5-16(14(18)8-12)20-9-13-7-10-6-11(17)2-4-15(10)21-13/h2-6,8,13H,7,9,18H2,1H3. The Labute approximate surface area is 122 Å². The fourth-order valence-electron chi connectivity index (χ4n) is 2.35. The second-order valence-corrected chi connectivity index (χ2v) is 4.91. The lowest BCUT2D eigenvalue weighted by atomic mass is 10.1. The minimum Gasteiger partial charge on any atom is -0.497 e. The second-order valence-electron chi connectivity index (χ2n) is 4.91. The molecule has 4 nitrogen and oxygen atoms in total. The van der Waals surface area contributed by atoms with Crippen molar-refractivity contribution >= 4 is 5.69 Å². The van der Waals surface area contributed by atoms with E-state index in [1.54, 1.807) is 31.4 Å². The predicted octanol–water partition coefficient (Wildman–Crippen LogP) is 2.80. The maximum absolute atomic E-state index is 13.1. The minimum atomic E-state index is -0.252. The van der Waals surface area contributed by atoms with Crippen LogP contribution in [-0.4, -0.2) is 19.8 Å². The van der Waals surface area contributed by atoms with Crippen molar-refractivity contribution in [2.45, 2.75) is 12.5 Å². The Balaban J connectivity index is 1.62. The van der Waals surface area contributed by atoms with Crippen LogP contribution in [0.15, 0.2) is 36.4 Å². The van der Waals surface area contributed by atoms with E-state index in [0.717, 1.165) is 5.56 Å². The van der Waals surface area contributed by atoms with E-state index in [1.165, 1.54) is 12.1 Å². The lowest BCUT2D eigenvalue weighted by molar-refractivity contribution is 0.149. The number of rotatable bonds is 4. The third-order valence-electron chi connectivity index (χ3n) is 3.41. The minimum absolute atomic E-state index is 0.136. The molecule has 0 fully saturated rings. The molecule has 1 heterocycles. The van der Waals surface area contributed by atoms with E-state index in [1.807, 2.05) is 0 Å². The maximum atomic E-state index is 13.1. The monoisotopic (exact) mass is 289 g/mol. The second kappa shape index (κ2) is 5.52. The summed E-state index contributed by atoms with van der Waals surface area (Å²) in [6, 6.07) is 9.78. The quantitative estimate of drug-likeness (QED) is 0.879. The molecule has 0 amide bonds. The highest BCUT2D eigenvalue weighted by atomic mass is 19.1. The first-order valence-corrected chi connectivity index (χ1v) is 6.67. The van der Waals surface area contributed by atoms with Crippen LogP contribution in [0.25, 0.3) is 0 Å². The van der Waals surface area contributed by atoms with Crippen LogP contribution in [0.3, 0.4) is 0 Å². The van der Waals surface area contributed by atoms with Gasteiger partial charge in [0.25, 0.3) is 0 Å². The average Bonchev–Trinajstić information content (AvgIpc) is 2.87. The van der Waals surface area contributed by atoms with Gasteiger partial charge < -0.3 is 19.9 Å². The summed E-state index contributed by atoms with van der Waals surface area (Å²) in [6.07, 6.45) is 0.492.